The van der Waals surface area contributed by atoms with Crippen LogP contribution in [0.1, 0.15) is 39.7 Å². The molecule has 1 aromatic rings. The average Bonchev–Trinajstić information content (AvgIpc) is 2.36. The van der Waals surface area contributed by atoms with Gasteiger partial charge >= 0.3 is 0 Å². The predicted molar refractivity (Wildman–Crippen MR) is 94.7 cm³/mol. The summed E-state index contributed by atoms with van der Waals surface area (Å²) in [6, 6.07) is 4.37. The molecular formula is C16H28N2OS. The van der Waals surface area contributed by atoms with Crippen LogP contribution in [0, 0.1) is 0 Å². The highest BCUT2D eigenvalue weighted by atomic mass is 32.2. The van der Waals surface area contributed by atoms with Crippen molar-refractivity contribution in [1.82, 2.24) is 0 Å². The number of rotatable bonds is 5. The average molecular weight is 296 g/mol. The molecular weight excluding hydrogens is 268 g/mol. The van der Waals surface area contributed by atoms with Gasteiger partial charge in [0.2, 0.25) is 0 Å². The molecule has 1 unspecified atom stereocenters. The number of benzene rings is 1. The van der Waals surface area contributed by atoms with Crippen LogP contribution >= 0.6 is 10.7 Å². The lowest BCUT2D eigenvalue weighted by Crippen LogP contribution is -2.12. The van der Waals surface area contributed by atoms with Gasteiger partial charge in [-0.3, -0.25) is 0 Å². The van der Waals surface area contributed by atoms with E-state index in [9.17, 15) is 0 Å². The molecule has 1 atom stereocenters. The van der Waals surface area contributed by atoms with Crippen molar-refractivity contribution >= 4 is 27.4 Å². The first-order chi connectivity index (χ1) is 9.33. The van der Waals surface area contributed by atoms with Crippen LogP contribution in [0.2, 0.25) is 0 Å². The van der Waals surface area contributed by atoms with Crippen molar-refractivity contribution in [3.05, 3.63) is 17.7 Å². The predicted octanol–water partition coefficient (Wildman–Crippen LogP) is 4.47. The van der Waals surface area contributed by atoms with Crippen LogP contribution < -0.4 is 14.8 Å². The first-order valence-electron chi connectivity index (χ1n) is 6.98. The molecule has 0 amide bonds. The van der Waals surface area contributed by atoms with E-state index >= 15 is 0 Å². The zero-order valence-corrected chi connectivity index (χ0v) is 14.6. The van der Waals surface area contributed by atoms with Crippen LogP contribution in [0.4, 0.5) is 11.4 Å². The second-order valence-corrected chi connectivity index (χ2v) is 7.49. The van der Waals surface area contributed by atoms with Gasteiger partial charge in [0.05, 0.1) is 18.5 Å². The van der Waals surface area contributed by atoms with E-state index in [0.717, 1.165) is 23.5 Å². The van der Waals surface area contributed by atoms with Crippen molar-refractivity contribution in [2.75, 3.05) is 30.5 Å². The number of anilines is 2. The van der Waals surface area contributed by atoms with E-state index in [2.05, 4.69) is 61.5 Å². The molecule has 0 spiro atoms. The maximum Gasteiger partial charge on any atom is 0.165 e. The highest BCUT2D eigenvalue weighted by molar-refractivity contribution is 8.15. The Kier molecular flexibility index (Phi) is 5.93. The molecule has 1 aromatic carbocycles. The van der Waals surface area contributed by atoms with Crippen LogP contribution in [0.5, 0.6) is 5.75 Å². The Balaban J connectivity index is 3.35. The Hall–Kier alpha value is -1.16. The van der Waals surface area contributed by atoms with E-state index in [1.165, 1.54) is 5.56 Å². The molecule has 1 rings (SSSR count). The number of hydrogen-bond acceptors (Lipinski definition) is 3. The summed E-state index contributed by atoms with van der Waals surface area (Å²) in [4.78, 5) is 0. The van der Waals surface area contributed by atoms with Gasteiger partial charge in [0.25, 0.3) is 0 Å². The highest BCUT2D eigenvalue weighted by Crippen LogP contribution is 2.39. The van der Waals surface area contributed by atoms with Gasteiger partial charge in [-0.05, 0) is 41.2 Å². The van der Waals surface area contributed by atoms with Gasteiger partial charge in [0, 0.05) is 7.05 Å². The molecule has 0 aliphatic heterocycles. The Morgan fingerprint density at radius 2 is 1.85 bits per heavy atom. The number of nitrogens with one attached hydrogen (secondary N) is 2. The number of ether oxygens (including phenoxy) is 1. The van der Waals surface area contributed by atoms with Gasteiger partial charge < -0.3 is 14.8 Å². The summed E-state index contributed by atoms with van der Waals surface area (Å²) in [7, 11) is 3.69. The van der Waals surface area contributed by atoms with Gasteiger partial charge in [0.15, 0.2) is 5.75 Å². The van der Waals surface area contributed by atoms with Crippen molar-refractivity contribution in [1.29, 1.82) is 0 Å². The molecule has 0 aromatic heterocycles. The molecule has 20 heavy (non-hydrogen) atoms. The summed E-state index contributed by atoms with van der Waals surface area (Å²) >= 11 is 0. The van der Waals surface area contributed by atoms with Crippen molar-refractivity contribution < 1.29 is 4.74 Å². The Labute approximate surface area is 126 Å². The fourth-order valence-electron chi connectivity index (χ4n) is 2.01. The summed E-state index contributed by atoms with van der Waals surface area (Å²) in [5.74, 6) is 0.879. The van der Waals surface area contributed by atoms with Crippen molar-refractivity contribution in [3.8, 4) is 5.75 Å². The van der Waals surface area contributed by atoms with Crippen LogP contribution in [0.3, 0.4) is 0 Å². The van der Waals surface area contributed by atoms with Crippen LogP contribution in [-0.2, 0) is 5.41 Å². The zero-order valence-electron chi connectivity index (χ0n) is 13.8. The summed E-state index contributed by atoms with van der Waals surface area (Å²) in [5.41, 5.74) is 3.48. The lowest BCUT2D eigenvalue weighted by molar-refractivity contribution is 0.418. The van der Waals surface area contributed by atoms with E-state index in [-0.39, 0.29) is 16.1 Å². The molecule has 4 heteroatoms. The van der Waals surface area contributed by atoms with Gasteiger partial charge in [-0.25, -0.2) is 0 Å². The van der Waals surface area contributed by atoms with Crippen molar-refractivity contribution in [2.45, 2.75) is 39.5 Å². The van der Waals surface area contributed by atoms with Gasteiger partial charge in [0.1, 0.15) is 0 Å². The minimum atomic E-state index is 0.0390. The lowest BCUT2D eigenvalue weighted by atomic mass is 9.86. The molecule has 114 valence electrons. The Morgan fingerprint density at radius 3 is 2.30 bits per heavy atom. The maximum atomic E-state index is 5.58. The molecule has 0 fully saturated rings. The largest absolute Gasteiger partial charge is 0.492 e. The molecule has 0 radical (unpaired) electrons. The van der Waals surface area contributed by atoms with Crippen LogP contribution in [0.15, 0.2) is 12.1 Å². The van der Waals surface area contributed by atoms with Gasteiger partial charge in [-0.1, -0.05) is 27.7 Å². The summed E-state index contributed by atoms with van der Waals surface area (Å²) in [6.45, 7) is 8.83. The first kappa shape index (κ1) is 16.9. The number of hydrogen-bond donors (Lipinski definition) is 2. The van der Waals surface area contributed by atoms with E-state index in [1.807, 2.05) is 7.05 Å². The van der Waals surface area contributed by atoms with Crippen LogP contribution in [-0.4, -0.2) is 25.8 Å². The van der Waals surface area contributed by atoms with Gasteiger partial charge in [-0.15, -0.1) is 10.7 Å². The Bertz CT molecular complexity index is 490. The van der Waals surface area contributed by atoms with E-state index < -0.39 is 0 Å². The second-order valence-electron chi connectivity index (χ2n) is 5.84. The quantitative estimate of drug-likeness (QED) is 0.786. The second kappa shape index (κ2) is 7.02. The molecule has 3 nitrogen and oxygen atoms in total. The minimum Gasteiger partial charge on any atom is -0.492 e. The smallest absolute Gasteiger partial charge is 0.165 e. The zero-order chi connectivity index (χ0) is 15.3. The monoisotopic (exact) mass is 296 g/mol. The fourth-order valence-corrected chi connectivity index (χ4v) is 3.09. The first-order valence-corrected chi connectivity index (χ1v) is 8.68. The molecule has 0 saturated carbocycles. The van der Waals surface area contributed by atoms with Crippen LogP contribution in [0.25, 0.3) is 0 Å². The highest BCUT2D eigenvalue weighted by Gasteiger charge is 2.19. The lowest BCUT2D eigenvalue weighted by Gasteiger charge is -2.24. The number of methoxy groups -OCH3 is 1. The van der Waals surface area contributed by atoms with E-state index in [0.29, 0.717) is 0 Å². The molecule has 0 heterocycles. The Morgan fingerprint density at radius 1 is 1.25 bits per heavy atom. The summed E-state index contributed by atoms with van der Waals surface area (Å²) < 4.78 is 9.14. The standard InChI is InChI=1S/C16H28N2OS/c1-8-9-20(7)18-14-11-12(16(2,3)4)10-13(17-5)15(14)19-6/h9-11,17-18H,8H2,1-7H3. The molecule has 0 aliphatic rings. The molecule has 0 saturated heterocycles. The molecule has 0 aliphatic carbocycles. The van der Waals surface area contributed by atoms with E-state index in [1.54, 1.807) is 7.11 Å². The fraction of sp³-hybridized carbons (Fsp3) is 0.562. The van der Waals surface area contributed by atoms with Crippen molar-refractivity contribution in [2.24, 2.45) is 0 Å². The SMILES string of the molecule is CCC=S(C)Nc1cc(C(C)(C)C)cc(NC)c1OC. The topological polar surface area (TPSA) is 33.3 Å². The maximum absolute atomic E-state index is 5.58. The molecule has 0 bridgehead atoms. The normalized spacial score (nSPS) is 13.2. The van der Waals surface area contributed by atoms with E-state index in [4.69, 9.17) is 4.74 Å². The third-order valence-corrected chi connectivity index (χ3v) is 4.49. The summed E-state index contributed by atoms with van der Waals surface area (Å²) in [5, 5.41) is 5.51. The summed E-state index contributed by atoms with van der Waals surface area (Å²) in [6.07, 6.45) is 3.25. The third kappa shape index (κ3) is 4.17. The van der Waals surface area contributed by atoms with Crippen molar-refractivity contribution in [3.63, 3.8) is 0 Å². The molecule has 2 N–H and O–H groups in total. The van der Waals surface area contributed by atoms with Gasteiger partial charge in [-0.2, -0.15) is 0 Å². The minimum absolute atomic E-state index is 0.0390. The third-order valence-electron chi connectivity index (χ3n) is 3.12.